The smallest absolute Gasteiger partial charge is 0.295 e. The summed E-state index contributed by atoms with van der Waals surface area (Å²) in [5, 5.41) is 21.0. The van der Waals surface area contributed by atoms with E-state index in [2.05, 4.69) is 4.98 Å². The number of hydrogen-bond acceptors (Lipinski definition) is 5. The van der Waals surface area contributed by atoms with Crippen molar-refractivity contribution in [1.82, 2.24) is 9.88 Å². The lowest BCUT2D eigenvalue weighted by molar-refractivity contribution is -0.140. The highest BCUT2D eigenvalue weighted by Gasteiger charge is 2.46. The number of Topliss-reactive ketones (excluding diaryl/α,β-unsaturated/α-hetero) is 1. The number of phenols is 1. The fourth-order valence-corrected chi connectivity index (χ4v) is 3.64. The summed E-state index contributed by atoms with van der Waals surface area (Å²) in [5.41, 5.74) is 2.74. The van der Waals surface area contributed by atoms with E-state index >= 15 is 0 Å². The first-order valence-corrected chi connectivity index (χ1v) is 9.49. The van der Waals surface area contributed by atoms with Crippen LogP contribution in [0.1, 0.15) is 28.3 Å². The third kappa shape index (κ3) is 3.55. The molecule has 0 spiro atoms. The van der Waals surface area contributed by atoms with Crippen LogP contribution in [0, 0.1) is 6.92 Å². The van der Waals surface area contributed by atoms with Gasteiger partial charge in [-0.3, -0.25) is 14.6 Å². The SMILES string of the molecule is Cc1ccc(/C(O)=C2/C(=O)C(=O)N(Cc3cccnc3)C2c2cccc(O)c2)cc1. The molecular formula is C24H20N2O4. The van der Waals surface area contributed by atoms with Crippen LogP contribution in [-0.4, -0.2) is 31.8 Å². The van der Waals surface area contributed by atoms with E-state index in [0.717, 1.165) is 11.1 Å². The van der Waals surface area contributed by atoms with Gasteiger partial charge in [0.15, 0.2) is 0 Å². The number of hydrogen-bond donors (Lipinski definition) is 2. The van der Waals surface area contributed by atoms with Gasteiger partial charge < -0.3 is 15.1 Å². The van der Waals surface area contributed by atoms with Crippen LogP contribution in [0.3, 0.4) is 0 Å². The van der Waals surface area contributed by atoms with Crippen molar-refractivity contribution in [2.45, 2.75) is 19.5 Å². The molecule has 0 bridgehead atoms. The summed E-state index contributed by atoms with van der Waals surface area (Å²) in [6.07, 6.45) is 3.25. The van der Waals surface area contributed by atoms with Crippen molar-refractivity contribution in [3.8, 4) is 5.75 Å². The van der Waals surface area contributed by atoms with E-state index in [4.69, 9.17) is 0 Å². The summed E-state index contributed by atoms with van der Waals surface area (Å²) >= 11 is 0. The molecule has 2 N–H and O–H groups in total. The molecule has 30 heavy (non-hydrogen) atoms. The molecule has 1 unspecified atom stereocenters. The zero-order chi connectivity index (χ0) is 21.3. The number of carbonyl (C=O) groups excluding carboxylic acids is 2. The summed E-state index contributed by atoms with van der Waals surface area (Å²) in [7, 11) is 0. The molecule has 2 aromatic carbocycles. The van der Waals surface area contributed by atoms with Crippen molar-refractivity contribution < 1.29 is 19.8 Å². The molecule has 3 aromatic rings. The minimum absolute atomic E-state index is 0.00153. The third-order valence-corrected chi connectivity index (χ3v) is 5.13. The molecule has 6 heteroatoms. The van der Waals surface area contributed by atoms with Crippen LogP contribution in [0.25, 0.3) is 5.76 Å². The highest BCUT2D eigenvalue weighted by molar-refractivity contribution is 6.46. The molecule has 1 amide bonds. The van der Waals surface area contributed by atoms with Crippen molar-refractivity contribution in [3.05, 3.63) is 101 Å². The minimum Gasteiger partial charge on any atom is -0.508 e. The maximum atomic E-state index is 13.0. The van der Waals surface area contributed by atoms with Crippen molar-refractivity contribution >= 4 is 17.4 Å². The average molecular weight is 400 g/mol. The number of benzene rings is 2. The average Bonchev–Trinajstić information content (AvgIpc) is 2.99. The van der Waals surface area contributed by atoms with Crippen LogP contribution in [0.15, 0.2) is 78.6 Å². The topological polar surface area (TPSA) is 90.7 Å². The quantitative estimate of drug-likeness (QED) is 0.396. The number of aliphatic hydroxyl groups is 1. The predicted octanol–water partition coefficient (Wildman–Crippen LogP) is 3.72. The fourth-order valence-electron chi connectivity index (χ4n) is 3.64. The Labute approximate surface area is 173 Å². The van der Waals surface area contributed by atoms with Crippen LogP contribution in [0.4, 0.5) is 0 Å². The summed E-state index contributed by atoms with van der Waals surface area (Å²) in [6, 6.07) is 16.2. The monoisotopic (exact) mass is 400 g/mol. The molecule has 1 aromatic heterocycles. The maximum Gasteiger partial charge on any atom is 0.295 e. The number of phenolic OH excluding ortho intramolecular Hbond substituents is 1. The second-order valence-electron chi connectivity index (χ2n) is 7.25. The molecule has 1 aliphatic rings. The van der Waals surface area contributed by atoms with Gasteiger partial charge in [0.1, 0.15) is 11.5 Å². The van der Waals surface area contributed by atoms with E-state index in [1.807, 2.05) is 25.1 Å². The van der Waals surface area contributed by atoms with E-state index in [1.54, 1.807) is 42.7 Å². The Kier molecular flexibility index (Phi) is 5.06. The van der Waals surface area contributed by atoms with Crippen molar-refractivity contribution in [2.24, 2.45) is 0 Å². The second-order valence-corrected chi connectivity index (χ2v) is 7.25. The number of aryl methyl sites for hydroxylation is 1. The van der Waals surface area contributed by atoms with Crippen LogP contribution < -0.4 is 0 Å². The Morgan fingerprint density at radius 1 is 1.07 bits per heavy atom. The van der Waals surface area contributed by atoms with Gasteiger partial charge >= 0.3 is 0 Å². The lowest BCUT2D eigenvalue weighted by atomic mass is 9.95. The lowest BCUT2D eigenvalue weighted by Crippen LogP contribution is -2.29. The predicted molar refractivity (Wildman–Crippen MR) is 111 cm³/mol. The van der Waals surface area contributed by atoms with Gasteiger partial charge in [0.2, 0.25) is 0 Å². The molecule has 6 nitrogen and oxygen atoms in total. The van der Waals surface area contributed by atoms with Gasteiger partial charge in [0, 0.05) is 24.5 Å². The fraction of sp³-hybridized carbons (Fsp3) is 0.125. The van der Waals surface area contributed by atoms with E-state index < -0.39 is 17.7 Å². The van der Waals surface area contributed by atoms with Crippen molar-refractivity contribution in [2.75, 3.05) is 0 Å². The number of ketones is 1. The Balaban J connectivity index is 1.87. The molecule has 1 saturated heterocycles. The van der Waals surface area contributed by atoms with Crippen LogP contribution in [0.2, 0.25) is 0 Å². The zero-order valence-electron chi connectivity index (χ0n) is 16.3. The third-order valence-electron chi connectivity index (χ3n) is 5.13. The highest BCUT2D eigenvalue weighted by atomic mass is 16.3. The maximum absolute atomic E-state index is 13.0. The van der Waals surface area contributed by atoms with Crippen molar-refractivity contribution in [3.63, 3.8) is 0 Å². The van der Waals surface area contributed by atoms with E-state index in [9.17, 15) is 19.8 Å². The normalized spacial score (nSPS) is 18.0. The summed E-state index contributed by atoms with van der Waals surface area (Å²) in [4.78, 5) is 31.4. The number of aromatic hydroxyl groups is 1. The Bertz CT molecular complexity index is 1140. The number of nitrogens with zero attached hydrogens (tertiary/aromatic N) is 2. The van der Waals surface area contributed by atoms with Gasteiger partial charge in [-0.2, -0.15) is 0 Å². The Morgan fingerprint density at radius 3 is 2.50 bits per heavy atom. The van der Waals surface area contributed by atoms with E-state index in [-0.39, 0.29) is 23.6 Å². The summed E-state index contributed by atoms with van der Waals surface area (Å²) in [5.74, 6) is -1.70. The molecule has 1 aliphatic heterocycles. The molecule has 1 fully saturated rings. The van der Waals surface area contributed by atoms with Crippen molar-refractivity contribution in [1.29, 1.82) is 0 Å². The lowest BCUT2D eigenvalue weighted by Gasteiger charge is -2.25. The largest absolute Gasteiger partial charge is 0.508 e. The molecule has 1 atom stereocenters. The summed E-state index contributed by atoms with van der Waals surface area (Å²) < 4.78 is 0. The van der Waals surface area contributed by atoms with Crippen LogP contribution in [0.5, 0.6) is 5.75 Å². The molecule has 4 rings (SSSR count). The number of pyridine rings is 1. The van der Waals surface area contributed by atoms with Gasteiger partial charge in [-0.05, 0) is 36.2 Å². The standard InChI is InChI=1S/C24H20N2O4/c1-15-7-9-17(10-8-15)22(28)20-21(18-5-2-6-19(27)12-18)26(24(30)23(20)29)14-16-4-3-11-25-13-16/h2-13,21,27-28H,14H2,1H3/b22-20-. The first-order valence-electron chi connectivity index (χ1n) is 9.49. The first-order chi connectivity index (χ1) is 14.5. The Morgan fingerprint density at radius 2 is 1.83 bits per heavy atom. The Hall–Kier alpha value is -3.93. The van der Waals surface area contributed by atoms with Crippen LogP contribution >= 0.6 is 0 Å². The number of amides is 1. The van der Waals surface area contributed by atoms with Gasteiger partial charge in [-0.15, -0.1) is 0 Å². The van der Waals surface area contributed by atoms with Gasteiger partial charge in [0.05, 0.1) is 11.6 Å². The van der Waals surface area contributed by atoms with E-state index in [0.29, 0.717) is 11.1 Å². The zero-order valence-corrected chi connectivity index (χ0v) is 16.3. The van der Waals surface area contributed by atoms with Gasteiger partial charge in [0.25, 0.3) is 11.7 Å². The van der Waals surface area contributed by atoms with Gasteiger partial charge in [-0.1, -0.05) is 48.0 Å². The number of carbonyl (C=O) groups is 2. The molecular weight excluding hydrogens is 380 g/mol. The summed E-state index contributed by atoms with van der Waals surface area (Å²) in [6.45, 7) is 2.06. The second kappa shape index (κ2) is 7.83. The molecule has 0 saturated carbocycles. The minimum atomic E-state index is -0.835. The molecule has 0 radical (unpaired) electrons. The molecule has 2 heterocycles. The number of rotatable bonds is 4. The van der Waals surface area contributed by atoms with Gasteiger partial charge in [-0.25, -0.2) is 0 Å². The van der Waals surface area contributed by atoms with E-state index in [1.165, 1.54) is 17.0 Å². The molecule has 0 aliphatic carbocycles. The highest BCUT2D eigenvalue weighted by Crippen LogP contribution is 2.40. The first kappa shape index (κ1) is 19.4. The number of aliphatic hydroxyl groups excluding tert-OH is 1. The number of aromatic nitrogens is 1. The van der Waals surface area contributed by atoms with Crippen LogP contribution in [-0.2, 0) is 16.1 Å². The number of likely N-dealkylation sites (tertiary alicyclic amines) is 1. The molecule has 150 valence electrons.